The van der Waals surface area contributed by atoms with Crippen molar-refractivity contribution in [2.24, 2.45) is 18.2 Å². The van der Waals surface area contributed by atoms with Crippen LogP contribution in [0.25, 0.3) is 11.1 Å². The molecule has 0 aliphatic heterocycles. The maximum atomic E-state index is 11.5. The van der Waals surface area contributed by atoms with Crippen molar-refractivity contribution < 1.29 is 4.42 Å². The van der Waals surface area contributed by atoms with Crippen molar-refractivity contribution in [1.82, 2.24) is 9.88 Å². The number of oxazole rings is 1. The van der Waals surface area contributed by atoms with E-state index in [0.29, 0.717) is 12.1 Å². The van der Waals surface area contributed by atoms with Crippen molar-refractivity contribution in [3.8, 4) is 0 Å². The molecule has 0 fully saturated rings. The van der Waals surface area contributed by atoms with Gasteiger partial charge in [0.2, 0.25) is 0 Å². The Bertz CT molecular complexity index is 640. The zero-order valence-corrected chi connectivity index (χ0v) is 11.9. The number of fused-ring (bicyclic) bond motifs is 1. The summed E-state index contributed by atoms with van der Waals surface area (Å²) in [5.74, 6) is -0.341. The average Bonchev–Trinajstić information content (AvgIpc) is 2.66. The number of hydrogen-bond acceptors (Lipinski definition) is 4. The van der Waals surface area contributed by atoms with Crippen LogP contribution in [-0.2, 0) is 7.05 Å². The molecule has 1 aromatic carbocycles. The zero-order chi connectivity index (χ0) is 14.2. The van der Waals surface area contributed by atoms with E-state index in [-0.39, 0.29) is 17.2 Å². The summed E-state index contributed by atoms with van der Waals surface area (Å²) in [4.78, 5) is 11.5. The molecule has 0 saturated heterocycles. The first-order valence-corrected chi connectivity index (χ1v) is 6.37. The van der Waals surface area contributed by atoms with E-state index in [2.05, 4.69) is 19.2 Å². The van der Waals surface area contributed by atoms with Crippen molar-refractivity contribution in [3.63, 3.8) is 0 Å². The van der Waals surface area contributed by atoms with Gasteiger partial charge in [-0.05, 0) is 36.7 Å². The van der Waals surface area contributed by atoms with Crippen LogP contribution in [0.2, 0.25) is 0 Å². The Morgan fingerprint density at radius 1 is 1.47 bits per heavy atom. The quantitative estimate of drug-likeness (QED) is 0.874. The molecule has 0 aliphatic rings. The fourth-order valence-corrected chi connectivity index (χ4v) is 2.45. The lowest BCUT2D eigenvalue weighted by atomic mass is 9.80. The predicted octanol–water partition coefficient (Wildman–Crippen LogP) is 1.38. The molecule has 1 aromatic heterocycles. The highest BCUT2D eigenvalue weighted by atomic mass is 16.4. The third-order valence-electron chi connectivity index (χ3n) is 3.75. The summed E-state index contributed by atoms with van der Waals surface area (Å²) in [6, 6.07) is 5.91. The van der Waals surface area contributed by atoms with Crippen molar-refractivity contribution in [1.29, 1.82) is 0 Å². The molecular formula is C14H21N3O2. The maximum absolute atomic E-state index is 11.5. The van der Waals surface area contributed by atoms with Crippen molar-refractivity contribution in [3.05, 3.63) is 34.3 Å². The smallest absolute Gasteiger partial charge is 0.408 e. The second-order valence-corrected chi connectivity index (χ2v) is 5.57. The number of hydrogen-bond donors (Lipinski definition) is 2. The number of nitrogens with zero attached hydrogens (tertiary/aromatic N) is 1. The number of rotatable bonds is 4. The van der Waals surface area contributed by atoms with Crippen LogP contribution in [0.5, 0.6) is 0 Å². The van der Waals surface area contributed by atoms with Gasteiger partial charge in [-0.25, -0.2) is 4.79 Å². The van der Waals surface area contributed by atoms with E-state index in [1.165, 1.54) is 4.57 Å². The molecule has 0 amide bonds. The molecule has 0 radical (unpaired) electrons. The van der Waals surface area contributed by atoms with Crippen LogP contribution in [0.1, 0.15) is 25.5 Å². The van der Waals surface area contributed by atoms with Gasteiger partial charge in [-0.3, -0.25) is 4.57 Å². The second kappa shape index (κ2) is 4.83. The number of aryl methyl sites for hydroxylation is 1. The van der Waals surface area contributed by atoms with Gasteiger partial charge >= 0.3 is 5.76 Å². The van der Waals surface area contributed by atoms with Gasteiger partial charge in [-0.1, -0.05) is 19.9 Å². The van der Waals surface area contributed by atoms with Crippen molar-refractivity contribution in [2.45, 2.75) is 19.9 Å². The Labute approximate surface area is 112 Å². The summed E-state index contributed by atoms with van der Waals surface area (Å²) in [6.45, 7) is 4.81. The van der Waals surface area contributed by atoms with E-state index >= 15 is 0 Å². The highest BCUT2D eigenvalue weighted by molar-refractivity contribution is 5.73. The highest BCUT2D eigenvalue weighted by Gasteiger charge is 2.28. The van der Waals surface area contributed by atoms with Crippen molar-refractivity contribution in [2.75, 3.05) is 13.6 Å². The molecule has 0 spiro atoms. The molecule has 1 heterocycles. The average molecular weight is 263 g/mol. The minimum absolute atomic E-state index is 0.0783. The second-order valence-electron chi connectivity index (χ2n) is 5.57. The number of nitrogens with two attached hydrogens (primary N) is 1. The summed E-state index contributed by atoms with van der Waals surface area (Å²) in [7, 11) is 3.63. The molecule has 0 aliphatic carbocycles. The molecule has 2 aromatic rings. The van der Waals surface area contributed by atoms with Crippen LogP contribution < -0.4 is 16.8 Å². The first-order chi connectivity index (χ1) is 8.90. The number of benzene rings is 1. The minimum atomic E-state index is -0.341. The molecule has 19 heavy (non-hydrogen) atoms. The van der Waals surface area contributed by atoms with Crippen LogP contribution in [-0.4, -0.2) is 18.2 Å². The Balaban J connectivity index is 2.56. The third kappa shape index (κ3) is 2.31. The molecular weight excluding hydrogens is 242 g/mol. The summed E-state index contributed by atoms with van der Waals surface area (Å²) in [6.07, 6.45) is 0. The van der Waals surface area contributed by atoms with E-state index in [0.717, 1.165) is 11.1 Å². The molecule has 2 rings (SSSR count). The highest BCUT2D eigenvalue weighted by Crippen LogP contribution is 2.33. The van der Waals surface area contributed by atoms with Gasteiger partial charge in [-0.15, -0.1) is 0 Å². The molecule has 3 N–H and O–H groups in total. The summed E-state index contributed by atoms with van der Waals surface area (Å²) >= 11 is 0. The molecule has 5 heteroatoms. The standard InChI is InChI=1S/C14H21N3O2/c1-14(2,8-15)12(16-3)9-5-6-11-10(7-9)17(4)13(18)19-11/h5-7,12,16H,8,15H2,1-4H3. The Kier molecular flexibility index (Phi) is 3.52. The van der Waals surface area contributed by atoms with Gasteiger partial charge in [0.15, 0.2) is 5.58 Å². The van der Waals surface area contributed by atoms with Crippen LogP contribution in [0.3, 0.4) is 0 Å². The molecule has 1 unspecified atom stereocenters. The van der Waals surface area contributed by atoms with E-state index in [4.69, 9.17) is 10.2 Å². The van der Waals surface area contributed by atoms with Gasteiger partial charge in [0.05, 0.1) is 5.52 Å². The van der Waals surface area contributed by atoms with Gasteiger partial charge in [0.1, 0.15) is 0 Å². The Morgan fingerprint density at radius 2 is 2.16 bits per heavy atom. The van der Waals surface area contributed by atoms with E-state index < -0.39 is 0 Å². The lowest BCUT2D eigenvalue weighted by molar-refractivity contribution is 0.265. The van der Waals surface area contributed by atoms with Crippen LogP contribution in [0, 0.1) is 5.41 Å². The topological polar surface area (TPSA) is 73.2 Å². The molecule has 104 valence electrons. The number of nitrogens with one attached hydrogen (secondary N) is 1. The SMILES string of the molecule is CNC(c1ccc2oc(=O)n(C)c2c1)C(C)(C)CN. The minimum Gasteiger partial charge on any atom is -0.408 e. The summed E-state index contributed by atoms with van der Waals surface area (Å²) in [5, 5.41) is 3.30. The maximum Gasteiger partial charge on any atom is 0.419 e. The van der Waals surface area contributed by atoms with Crippen LogP contribution in [0.4, 0.5) is 0 Å². The largest absolute Gasteiger partial charge is 0.419 e. The lowest BCUT2D eigenvalue weighted by Crippen LogP contribution is -2.37. The summed E-state index contributed by atoms with van der Waals surface area (Å²) in [5.41, 5.74) is 8.28. The number of aromatic nitrogens is 1. The van der Waals surface area contributed by atoms with Gasteiger partial charge in [0.25, 0.3) is 0 Å². The van der Waals surface area contributed by atoms with Crippen LogP contribution >= 0.6 is 0 Å². The predicted molar refractivity (Wildman–Crippen MR) is 76.1 cm³/mol. The molecule has 5 nitrogen and oxygen atoms in total. The molecule has 1 atom stereocenters. The third-order valence-corrected chi connectivity index (χ3v) is 3.75. The van der Waals surface area contributed by atoms with Crippen molar-refractivity contribution >= 4 is 11.1 Å². The first kappa shape index (κ1) is 13.8. The van der Waals surface area contributed by atoms with Gasteiger partial charge in [0, 0.05) is 13.1 Å². The fraction of sp³-hybridized carbons (Fsp3) is 0.500. The monoisotopic (exact) mass is 263 g/mol. The zero-order valence-electron chi connectivity index (χ0n) is 11.9. The first-order valence-electron chi connectivity index (χ1n) is 6.37. The van der Waals surface area contributed by atoms with Gasteiger partial charge < -0.3 is 15.5 Å². The molecule has 0 saturated carbocycles. The van der Waals surface area contributed by atoms with E-state index in [1.807, 2.05) is 25.2 Å². The van der Waals surface area contributed by atoms with E-state index in [1.54, 1.807) is 7.05 Å². The van der Waals surface area contributed by atoms with Crippen LogP contribution in [0.15, 0.2) is 27.4 Å². The normalized spacial score (nSPS) is 13.9. The Morgan fingerprint density at radius 3 is 2.74 bits per heavy atom. The summed E-state index contributed by atoms with van der Waals surface area (Å²) < 4.78 is 6.66. The van der Waals surface area contributed by atoms with E-state index in [9.17, 15) is 4.79 Å². The molecule has 0 bridgehead atoms. The fourth-order valence-electron chi connectivity index (χ4n) is 2.45. The lowest BCUT2D eigenvalue weighted by Gasteiger charge is -2.33. The Hall–Kier alpha value is -1.59. The van der Waals surface area contributed by atoms with Gasteiger partial charge in [-0.2, -0.15) is 0 Å².